The monoisotopic (exact) mass is 780 g/mol. The van der Waals surface area contributed by atoms with E-state index in [4.69, 9.17) is 23.7 Å². The van der Waals surface area contributed by atoms with E-state index < -0.39 is 29.5 Å². The summed E-state index contributed by atoms with van der Waals surface area (Å²) in [7, 11) is 3.99. The first-order valence-corrected chi connectivity index (χ1v) is 16.2. The van der Waals surface area contributed by atoms with Gasteiger partial charge < -0.3 is 33.2 Å². The van der Waals surface area contributed by atoms with Crippen LogP contribution in [-0.2, 0) is 28.6 Å². The average Bonchev–Trinajstić information content (AvgIpc) is 3.35. The van der Waals surface area contributed by atoms with Crippen molar-refractivity contribution in [2.45, 2.75) is 26.8 Å². The minimum Gasteiger partial charge on any atom is -0.493 e. The first kappa shape index (κ1) is 35.5. The first-order chi connectivity index (χ1) is 22.6. The number of hydrogen-bond acceptors (Lipinski definition) is 13. The van der Waals surface area contributed by atoms with Crippen LogP contribution in [0.3, 0.4) is 0 Å². The Kier molecular flexibility index (Phi) is 12.0. The van der Waals surface area contributed by atoms with Gasteiger partial charge in [0.25, 0.3) is 5.56 Å². The Morgan fingerprint density at radius 3 is 2.28 bits per heavy atom. The lowest BCUT2D eigenvalue weighted by Gasteiger charge is -2.25. The van der Waals surface area contributed by atoms with Gasteiger partial charge in [-0.15, -0.1) is 0 Å². The van der Waals surface area contributed by atoms with Gasteiger partial charge in [-0.3, -0.25) is 9.36 Å². The molecule has 15 heteroatoms. The van der Waals surface area contributed by atoms with Crippen LogP contribution >= 0.6 is 33.9 Å². The summed E-state index contributed by atoms with van der Waals surface area (Å²) in [6.07, 6.45) is 1.69. The molecule has 0 N–H and O–H groups in total. The van der Waals surface area contributed by atoms with E-state index in [1.54, 1.807) is 57.2 Å². The van der Waals surface area contributed by atoms with E-state index in [2.05, 4.69) is 37.1 Å². The van der Waals surface area contributed by atoms with Gasteiger partial charge in [-0.2, -0.15) is 0 Å². The topological polar surface area (TPSA) is 150 Å². The molecule has 0 radical (unpaired) electrons. The Labute approximate surface area is 287 Å². The molecule has 2 heterocycles. The SMILES string of the molecule is CCOC(=O)C1=C(C)N=c2s/c(=C\c3cc(I)c(OCC(=O)OC)c(OC)c3)c(=O)n2[C@@H]1c1ccc(OCC(=O)OC)c(OCC)c1. The van der Waals surface area contributed by atoms with Crippen molar-refractivity contribution in [3.8, 4) is 23.0 Å². The second-order valence-electron chi connectivity index (χ2n) is 9.71. The standard InChI is InChI=1S/C32H33IN2O11S/c1-7-43-22-14-19(9-10-21(22)45-15-25(36)41-5)28-27(31(39)44-8-2)17(3)34-32-35(28)30(38)24(47-32)13-18-11-20(33)29(23(12-18)40-4)46-16-26(37)42-6/h9-14,28H,7-8,15-16H2,1-6H3/b24-13-/t28-/m1/s1. The summed E-state index contributed by atoms with van der Waals surface area (Å²) in [6, 6.07) is 7.51. The Hall–Kier alpha value is -4.38. The molecule has 1 atom stereocenters. The molecule has 1 aliphatic rings. The number of fused-ring (bicyclic) bond motifs is 1. The summed E-state index contributed by atoms with van der Waals surface area (Å²) in [5.74, 6) is -0.412. The summed E-state index contributed by atoms with van der Waals surface area (Å²) >= 11 is 3.21. The van der Waals surface area contributed by atoms with E-state index in [-0.39, 0.29) is 37.8 Å². The van der Waals surface area contributed by atoms with Crippen molar-refractivity contribution in [2.24, 2.45) is 4.99 Å². The third kappa shape index (κ3) is 7.96. The second-order valence-corrected chi connectivity index (χ2v) is 11.9. The van der Waals surface area contributed by atoms with Crippen LogP contribution in [0.1, 0.15) is 37.9 Å². The van der Waals surface area contributed by atoms with E-state index in [9.17, 15) is 19.2 Å². The number of nitrogens with zero attached hydrogens (tertiary/aromatic N) is 2. The van der Waals surface area contributed by atoms with E-state index >= 15 is 0 Å². The molecule has 0 fully saturated rings. The number of carbonyl (C=O) groups excluding carboxylic acids is 3. The molecule has 0 spiro atoms. The molecule has 0 saturated heterocycles. The van der Waals surface area contributed by atoms with Gasteiger partial charge in [-0.1, -0.05) is 17.4 Å². The van der Waals surface area contributed by atoms with Crippen molar-refractivity contribution in [3.63, 3.8) is 0 Å². The lowest BCUT2D eigenvalue weighted by atomic mass is 9.95. The van der Waals surface area contributed by atoms with Gasteiger partial charge in [-0.05, 0) is 84.8 Å². The van der Waals surface area contributed by atoms with Crippen molar-refractivity contribution in [1.29, 1.82) is 0 Å². The number of benzene rings is 2. The molecule has 250 valence electrons. The van der Waals surface area contributed by atoms with Crippen LogP contribution < -0.4 is 33.8 Å². The number of halogens is 1. The Balaban J connectivity index is 1.86. The summed E-state index contributed by atoms with van der Waals surface area (Å²) in [5, 5.41) is 0. The molecular weight excluding hydrogens is 747 g/mol. The number of carbonyl (C=O) groups is 3. The van der Waals surface area contributed by atoms with Crippen LogP contribution in [0.5, 0.6) is 23.0 Å². The smallest absolute Gasteiger partial charge is 0.343 e. The van der Waals surface area contributed by atoms with Crippen LogP contribution in [0, 0.1) is 3.57 Å². The summed E-state index contributed by atoms with van der Waals surface area (Å²) in [5.41, 5.74) is 1.36. The number of hydrogen-bond donors (Lipinski definition) is 0. The highest BCUT2D eigenvalue weighted by Crippen LogP contribution is 2.37. The molecule has 0 unspecified atom stereocenters. The fourth-order valence-corrected chi connectivity index (χ4v) is 6.52. The molecule has 3 aromatic rings. The van der Waals surface area contributed by atoms with Gasteiger partial charge in [-0.25, -0.2) is 19.4 Å². The molecular formula is C32H33IN2O11S. The third-order valence-electron chi connectivity index (χ3n) is 6.79. The summed E-state index contributed by atoms with van der Waals surface area (Å²) in [4.78, 5) is 55.8. The third-order valence-corrected chi connectivity index (χ3v) is 8.57. The maximum Gasteiger partial charge on any atom is 0.343 e. The van der Waals surface area contributed by atoms with Gasteiger partial charge in [0.15, 0.2) is 41.0 Å². The van der Waals surface area contributed by atoms with E-state index in [1.807, 2.05) is 0 Å². The van der Waals surface area contributed by atoms with E-state index in [1.165, 1.54) is 25.9 Å². The Morgan fingerprint density at radius 1 is 0.936 bits per heavy atom. The highest BCUT2D eigenvalue weighted by Gasteiger charge is 2.34. The van der Waals surface area contributed by atoms with Crippen molar-refractivity contribution < 1.29 is 47.5 Å². The minimum atomic E-state index is -0.912. The maximum absolute atomic E-state index is 14.1. The molecule has 13 nitrogen and oxygen atoms in total. The quantitative estimate of drug-likeness (QED) is 0.143. The minimum absolute atomic E-state index is 0.122. The average molecular weight is 781 g/mol. The maximum atomic E-state index is 14.1. The van der Waals surface area contributed by atoms with Crippen molar-refractivity contribution in [2.75, 3.05) is 47.8 Å². The number of esters is 3. The van der Waals surface area contributed by atoms with Gasteiger partial charge in [0, 0.05) is 0 Å². The van der Waals surface area contributed by atoms with Gasteiger partial charge in [0.2, 0.25) is 0 Å². The first-order valence-electron chi connectivity index (χ1n) is 14.3. The largest absolute Gasteiger partial charge is 0.493 e. The molecule has 0 amide bonds. The normalized spacial score (nSPS) is 14.1. The molecule has 1 aliphatic heterocycles. The summed E-state index contributed by atoms with van der Waals surface area (Å²) < 4.78 is 39.7. The molecule has 4 rings (SSSR count). The highest BCUT2D eigenvalue weighted by atomic mass is 127. The number of thiazole rings is 1. The molecule has 2 aromatic carbocycles. The number of ether oxygens (including phenoxy) is 7. The molecule has 47 heavy (non-hydrogen) atoms. The van der Waals surface area contributed by atoms with Gasteiger partial charge >= 0.3 is 17.9 Å². The molecule has 0 bridgehead atoms. The van der Waals surface area contributed by atoms with Crippen LogP contribution in [0.2, 0.25) is 0 Å². The van der Waals surface area contributed by atoms with Crippen molar-refractivity contribution >= 4 is 57.9 Å². The van der Waals surface area contributed by atoms with Crippen LogP contribution in [0.4, 0.5) is 0 Å². The van der Waals surface area contributed by atoms with Gasteiger partial charge in [0.1, 0.15) is 0 Å². The lowest BCUT2D eigenvalue weighted by Crippen LogP contribution is -2.40. The van der Waals surface area contributed by atoms with Crippen molar-refractivity contribution in [1.82, 2.24) is 4.57 Å². The predicted molar refractivity (Wildman–Crippen MR) is 179 cm³/mol. The van der Waals surface area contributed by atoms with Crippen LogP contribution in [0.25, 0.3) is 6.08 Å². The fourth-order valence-electron chi connectivity index (χ4n) is 4.69. The number of rotatable bonds is 13. The van der Waals surface area contributed by atoms with Crippen LogP contribution in [0.15, 0.2) is 51.4 Å². The van der Waals surface area contributed by atoms with E-state index in [0.717, 1.165) is 11.3 Å². The number of allylic oxidation sites excluding steroid dienone is 1. The molecule has 0 aliphatic carbocycles. The zero-order valence-corrected chi connectivity index (χ0v) is 29.5. The van der Waals surface area contributed by atoms with Crippen molar-refractivity contribution in [3.05, 3.63) is 76.0 Å². The Bertz CT molecular complexity index is 1900. The second kappa shape index (κ2) is 15.9. The zero-order chi connectivity index (χ0) is 34.2. The number of methoxy groups -OCH3 is 3. The predicted octanol–water partition coefficient (Wildman–Crippen LogP) is 2.91. The Morgan fingerprint density at radius 2 is 1.64 bits per heavy atom. The van der Waals surface area contributed by atoms with E-state index in [0.29, 0.717) is 47.0 Å². The molecule has 1 aromatic heterocycles. The number of aromatic nitrogens is 1. The van der Waals surface area contributed by atoms with Crippen LogP contribution in [-0.4, -0.2) is 70.2 Å². The highest BCUT2D eigenvalue weighted by molar-refractivity contribution is 14.1. The van der Waals surface area contributed by atoms with Gasteiger partial charge in [0.05, 0.1) is 60.0 Å². The fraction of sp³-hybridized carbons (Fsp3) is 0.344. The lowest BCUT2D eigenvalue weighted by molar-refractivity contribution is -0.143. The molecule has 0 saturated carbocycles. The summed E-state index contributed by atoms with van der Waals surface area (Å²) in [6.45, 7) is 4.95. The zero-order valence-electron chi connectivity index (χ0n) is 26.5.